The number of hydrogen-bond acceptors (Lipinski definition) is 9. The van der Waals surface area contributed by atoms with E-state index >= 15 is 0 Å². The minimum atomic E-state index is -1.51. The predicted molar refractivity (Wildman–Crippen MR) is 150 cm³/mol. The van der Waals surface area contributed by atoms with Gasteiger partial charge in [-0.25, -0.2) is 19.0 Å². The maximum Gasteiger partial charge on any atom is 0.445 e. The van der Waals surface area contributed by atoms with E-state index in [2.05, 4.69) is 20.6 Å². The SMILES string of the molecule is CCOOC(=O)NC(=O)C(C#N)NNc1cc(Cl)c(Oc2ccc3c(c2)CCN(Cc2ccc(F)c(F)c2)C3=O)c(Cl)c1. The minimum absolute atomic E-state index is 0.0688. The van der Waals surface area contributed by atoms with Gasteiger partial charge in [0.25, 0.3) is 11.8 Å². The Morgan fingerprint density at radius 1 is 1.09 bits per heavy atom. The number of benzene rings is 3. The van der Waals surface area contributed by atoms with E-state index in [1.54, 1.807) is 36.1 Å². The normalized spacial score (nSPS) is 13.0. The van der Waals surface area contributed by atoms with E-state index < -0.39 is 29.7 Å². The van der Waals surface area contributed by atoms with Crippen LogP contribution in [0.2, 0.25) is 10.0 Å². The molecule has 3 aromatic carbocycles. The molecule has 0 fully saturated rings. The van der Waals surface area contributed by atoms with Crippen molar-refractivity contribution >= 4 is 46.8 Å². The highest BCUT2D eigenvalue weighted by Crippen LogP contribution is 2.39. The number of fused-ring (bicyclic) bond motifs is 1. The van der Waals surface area contributed by atoms with Gasteiger partial charge in [-0.2, -0.15) is 10.1 Å². The van der Waals surface area contributed by atoms with Crippen molar-refractivity contribution in [1.29, 1.82) is 5.26 Å². The first-order valence-corrected chi connectivity index (χ1v) is 13.4. The summed E-state index contributed by atoms with van der Waals surface area (Å²) in [7, 11) is 0. The van der Waals surface area contributed by atoms with Crippen LogP contribution in [0.3, 0.4) is 0 Å². The molecule has 3 aromatic rings. The molecule has 0 saturated carbocycles. The van der Waals surface area contributed by atoms with E-state index in [-0.39, 0.29) is 40.5 Å². The van der Waals surface area contributed by atoms with Crippen molar-refractivity contribution in [3.8, 4) is 17.6 Å². The van der Waals surface area contributed by atoms with E-state index in [4.69, 9.17) is 27.9 Å². The average molecular weight is 634 g/mol. The molecular weight excluding hydrogens is 611 g/mol. The van der Waals surface area contributed by atoms with Crippen LogP contribution in [0.15, 0.2) is 48.5 Å². The Morgan fingerprint density at radius 3 is 2.51 bits per heavy atom. The fourth-order valence-corrected chi connectivity index (χ4v) is 4.62. The lowest BCUT2D eigenvalue weighted by molar-refractivity contribution is -0.234. The van der Waals surface area contributed by atoms with Crippen LogP contribution in [-0.4, -0.2) is 42.0 Å². The van der Waals surface area contributed by atoms with Gasteiger partial charge in [0.15, 0.2) is 23.4 Å². The first kappa shape index (κ1) is 31.5. The zero-order chi connectivity index (χ0) is 31.1. The van der Waals surface area contributed by atoms with Gasteiger partial charge in [-0.05, 0) is 66.9 Å². The number of halogens is 4. The van der Waals surface area contributed by atoms with Crippen molar-refractivity contribution in [3.05, 3.63) is 86.9 Å². The van der Waals surface area contributed by atoms with Gasteiger partial charge in [-0.3, -0.25) is 19.8 Å². The van der Waals surface area contributed by atoms with Crippen LogP contribution in [0.25, 0.3) is 0 Å². The predicted octanol–water partition coefficient (Wildman–Crippen LogP) is 5.28. The molecule has 3 N–H and O–H groups in total. The lowest BCUT2D eigenvalue weighted by Gasteiger charge is -2.29. The maximum atomic E-state index is 13.6. The van der Waals surface area contributed by atoms with Crippen molar-refractivity contribution in [2.75, 3.05) is 18.6 Å². The number of hydrogen-bond donors (Lipinski definition) is 3. The highest BCUT2D eigenvalue weighted by molar-refractivity contribution is 6.37. The van der Waals surface area contributed by atoms with Crippen molar-refractivity contribution < 1.29 is 37.7 Å². The van der Waals surface area contributed by atoms with Crippen molar-refractivity contribution in [2.45, 2.75) is 25.9 Å². The van der Waals surface area contributed by atoms with Gasteiger partial charge in [0.1, 0.15) is 5.75 Å². The van der Waals surface area contributed by atoms with Crippen molar-refractivity contribution in [3.63, 3.8) is 0 Å². The van der Waals surface area contributed by atoms with E-state index in [1.807, 2.05) is 5.32 Å². The summed E-state index contributed by atoms with van der Waals surface area (Å²) in [6.07, 6.45) is -0.693. The molecule has 1 unspecified atom stereocenters. The first-order valence-electron chi connectivity index (χ1n) is 12.7. The van der Waals surface area contributed by atoms with Crippen LogP contribution >= 0.6 is 23.2 Å². The number of carbonyl (C=O) groups excluding carboxylic acids is 3. The molecule has 0 spiro atoms. The molecule has 1 atom stereocenters. The number of imide groups is 1. The number of nitrogens with zero attached hydrogens (tertiary/aromatic N) is 2. The van der Waals surface area contributed by atoms with Crippen LogP contribution in [0.5, 0.6) is 11.5 Å². The van der Waals surface area contributed by atoms with Crippen molar-refractivity contribution in [1.82, 2.24) is 15.6 Å². The van der Waals surface area contributed by atoms with E-state index in [0.29, 0.717) is 29.8 Å². The Balaban J connectivity index is 1.39. The van der Waals surface area contributed by atoms with Crippen LogP contribution in [0.4, 0.5) is 19.3 Å². The number of anilines is 1. The molecule has 43 heavy (non-hydrogen) atoms. The van der Waals surface area contributed by atoms with E-state index in [0.717, 1.165) is 17.7 Å². The van der Waals surface area contributed by atoms with Crippen LogP contribution in [-0.2, 0) is 27.5 Å². The second-order valence-electron chi connectivity index (χ2n) is 9.01. The Labute approximate surface area is 254 Å². The monoisotopic (exact) mass is 633 g/mol. The summed E-state index contributed by atoms with van der Waals surface area (Å²) in [6, 6.07) is 11.4. The third-order valence-corrected chi connectivity index (χ3v) is 6.61. The number of rotatable bonds is 10. The fourth-order valence-electron chi connectivity index (χ4n) is 4.05. The summed E-state index contributed by atoms with van der Waals surface area (Å²) in [4.78, 5) is 46.8. The quantitative estimate of drug-likeness (QED) is 0.201. The molecule has 224 valence electrons. The molecule has 0 aromatic heterocycles. The molecule has 0 aliphatic carbocycles. The topological polar surface area (TPSA) is 142 Å². The maximum absolute atomic E-state index is 13.6. The number of nitriles is 1. The summed E-state index contributed by atoms with van der Waals surface area (Å²) in [5, 5.41) is 11.3. The number of ether oxygens (including phenoxy) is 1. The molecule has 11 nitrogen and oxygen atoms in total. The second-order valence-corrected chi connectivity index (χ2v) is 9.83. The van der Waals surface area contributed by atoms with Crippen molar-refractivity contribution in [2.24, 2.45) is 0 Å². The smallest absolute Gasteiger partial charge is 0.445 e. The summed E-state index contributed by atoms with van der Waals surface area (Å²) >= 11 is 12.8. The van der Waals surface area contributed by atoms with Crippen LogP contribution < -0.4 is 20.9 Å². The Morgan fingerprint density at radius 2 is 1.84 bits per heavy atom. The van der Waals surface area contributed by atoms with Gasteiger partial charge in [-0.1, -0.05) is 29.3 Å². The molecule has 0 saturated heterocycles. The van der Waals surface area contributed by atoms with Gasteiger partial charge < -0.3 is 15.1 Å². The number of carbonyl (C=O) groups is 3. The number of amides is 3. The average Bonchev–Trinajstić information content (AvgIpc) is 2.97. The minimum Gasteiger partial charge on any atom is -0.454 e. The highest BCUT2D eigenvalue weighted by atomic mass is 35.5. The Kier molecular flexibility index (Phi) is 10.3. The Bertz CT molecular complexity index is 1580. The van der Waals surface area contributed by atoms with Crippen LogP contribution in [0, 0.1) is 23.0 Å². The molecule has 1 aliphatic heterocycles. The molecule has 4 rings (SSSR count). The van der Waals surface area contributed by atoms with Gasteiger partial charge in [0.05, 0.1) is 28.4 Å². The van der Waals surface area contributed by atoms with Gasteiger partial charge in [0, 0.05) is 18.7 Å². The Hall–Kier alpha value is -4.48. The third-order valence-electron chi connectivity index (χ3n) is 6.05. The molecule has 1 aliphatic rings. The summed E-state index contributed by atoms with van der Waals surface area (Å²) in [5.41, 5.74) is 6.97. The largest absolute Gasteiger partial charge is 0.454 e. The summed E-state index contributed by atoms with van der Waals surface area (Å²) in [5.74, 6) is -2.71. The van der Waals surface area contributed by atoms with Gasteiger partial charge >= 0.3 is 6.09 Å². The standard InChI is InChI=1S/C28H23Cl2F2N5O6/c1-2-41-43-28(40)34-26(38)24(13-33)36-35-17-11-20(29)25(21(30)12-17)42-18-4-5-19-16(10-18)7-8-37(27(19)39)14-15-3-6-22(31)23(32)9-15/h3-6,9-12,24,35-36H,2,7-8,14H2,1H3,(H,34,38,40). The lowest BCUT2D eigenvalue weighted by Crippen LogP contribution is -2.47. The lowest BCUT2D eigenvalue weighted by atomic mass is 9.98. The molecule has 0 bridgehead atoms. The summed E-state index contributed by atoms with van der Waals surface area (Å²) in [6.45, 7) is 2.13. The molecule has 3 amide bonds. The number of nitrogens with one attached hydrogen (secondary N) is 3. The van der Waals surface area contributed by atoms with E-state index in [9.17, 15) is 28.4 Å². The number of hydrazine groups is 1. The third kappa shape index (κ3) is 7.88. The highest BCUT2D eigenvalue weighted by Gasteiger charge is 2.26. The zero-order valence-corrected chi connectivity index (χ0v) is 23.9. The van der Waals surface area contributed by atoms with Gasteiger partial charge in [-0.15, -0.1) is 0 Å². The van der Waals surface area contributed by atoms with Gasteiger partial charge in [0.2, 0.25) is 0 Å². The molecule has 15 heteroatoms. The molecular formula is C28H23Cl2F2N5O6. The second kappa shape index (κ2) is 14.1. The van der Waals surface area contributed by atoms with E-state index in [1.165, 1.54) is 18.2 Å². The zero-order valence-electron chi connectivity index (χ0n) is 22.4. The first-order chi connectivity index (χ1) is 20.6. The fraction of sp³-hybridized carbons (Fsp3) is 0.214. The molecule has 1 heterocycles. The van der Waals surface area contributed by atoms with Crippen LogP contribution in [0.1, 0.15) is 28.4 Å². The molecule has 0 radical (unpaired) electrons. The summed E-state index contributed by atoms with van der Waals surface area (Å²) < 4.78 is 32.8.